The molecule has 0 amide bonds. The third kappa shape index (κ3) is 15.7. The zero-order valence-corrected chi connectivity index (χ0v) is 13.8. The summed E-state index contributed by atoms with van der Waals surface area (Å²) in [5.74, 6) is -1.02. The zero-order valence-electron chi connectivity index (χ0n) is 12.9. The molecule has 0 unspecified atom stereocenters. The Morgan fingerprint density at radius 3 is 1.82 bits per heavy atom. The molecule has 0 saturated carbocycles. The smallest absolute Gasteiger partial charge is 0.469 e. The van der Waals surface area contributed by atoms with Crippen molar-refractivity contribution in [1.29, 1.82) is 0 Å². The van der Waals surface area contributed by atoms with Gasteiger partial charge in [-0.2, -0.15) is 0 Å². The molecule has 0 aliphatic rings. The van der Waals surface area contributed by atoms with E-state index in [9.17, 15) is 9.36 Å². The van der Waals surface area contributed by atoms with Crippen LogP contribution in [0.1, 0.15) is 51.4 Å². The van der Waals surface area contributed by atoms with E-state index in [0.717, 1.165) is 44.9 Å². The summed E-state index contributed by atoms with van der Waals surface area (Å²) in [6, 6.07) is 0. The predicted molar refractivity (Wildman–Crippen MR) is 82.5 cm³/mol. The first-order valence-electron chi connectivity index (χ1n) is 7.52. The van der Waals surface area contributed by atoms with Gasteiger partial charge in [0, 0.05) is 6.61 Å². The van der Waals surface area contributed by atoms with E-state index in [0.29, 0.717) is 13.0 Å². The highest BCUT2D eigenvalue weighted by Gasteiger charge is 2.12. The Kier molecular flexibility index (Phi) is 12.4. The van der Waals surface area contributed by atoms with E-state index >= 15 is 0 Å². The molecule has 8 heteroatoms. The van der Waals surface area contributed by atoms with Crippen LogP contribution in [0.5, 0.6) is 0 Å². The Morgan fingerprint density at radius 2 is 1.36 bits per heavy atom. The van der Waals surface area contributed by atoms with E-state index in [1.807, 2.05) is 0 Å². The van der Waals surface area contributed by atoms with Crippen molar-refractivity contribution >= 4 is 13.8 Å². The molecular weight excluding hydrogens is 311 g/mol. The average molecular weight is 338 g/mol. The van der Waals surface area contributed by atoms with Gasteiger partial charge in [0.25, 0.3) is 0 Å². The van der Waals surface area contributed by atoms with Crippen molar-refractivity contribution in [1.82, 2.24) is 0 Å². The lowest BCUT2D eigenvalue weighted by Crippen LogP contribution is -2.07. The molecule has 0 rings (SSSR count). The summed E-state index contributed by atoms with van der Waals surface area (Å²) in [7, 11) is -4.31. The van der Waals surface area contributed by atoms with Gasteiger partial charge in [0.15, 0.2) is 0 Å². The fourth-order valence-electron chi connectivity index (χ4n) is 1.81. The normalized spacial score (nSPS) is 11.5. The topological polar surface area (TPSA) is 113 Å². The summed E-state index contributed by atoms with van der Waals surface area (Å²) in [5.41, 5.74) is 0.0720. The van der Waals surface area contributed by atoms with E-state index in [1.165, 1.54) is 0 Å². The number of carbonyl (C=O) groups is 1. The van der Waals surface area contributed by atoms with E-state index < -0.39 is 13.8 Å². The van der Waals surface area contributed by atoms with E-state index in [-0.39, 0.29) is 18.8 Å². The summed E-state index contributed by atoms with van der Waals surface area (Å²) in [5, 5.41) is 8.57. The van der Waals surface area contributed by atoms with Gasteiger partial charge in [0.05, 0.1) is 18.8 Å². The molecular formula is C14H27O7P. The quantitative estimate of drug-likeness (QED) is 0.239. The van der Waals surface area contributed by atoms with Crippen LogP contribution in [-0.4, -0.2) is 40.7 Å². The first kappa shape index (κ1) is 21.3. The lowest BCUT2D eigenvalue weighted by atomic mass is 10.1. The van der Waals surface area contributed by atoms with Crippen LogP contribution in [-0.2, 0) is 18.6 Å². The second kappa shape index (κ2) is 12.8. The molecule has 0 atom stereocenters. The minimum Gasteiger partial charge on any atom is -0.478 e. The van der Waals surface area contributed by atoms with Crippen LogP contribution in [0, 0.1) is 0 Å². The van der Waals surface area contributed by atoms with Crippen LogP contribution < -0.4 is 0 Å². The van der Waals surface area contributed by atoms with Crippen molar-refractivity contribution in [3.05, 3.63) is 12.2 Å². The SMILES string of the molecule is C=C(COCCCCCCCCCCOP(=O)(O)O)C(=O)O. The maximum atomic E-state index is 10.5. The minimum absolute atomic E-state index is 0.0720. The van der Waals surface area contributed by atoms with Crippen molar-refractivity contribution in [3.63, 3.8) is 0 Å². The summed E-state index contributed by atoms with van der Waals surface area (Å²) in [4.78, 5) is 27.4. The van der Waals surface area contributed by atoms with Gasteiger partial charge in [-0.3, -0.25) is 4.52 Å². The highest BCUT2D eigenvalue weighted by atomic mass is 31.2. The standard InChI is InChI=1S/C14H27O7P/c1-13(14(15)16)12-20-10-8-6-4-2-3-5-7-9-11-21-22(17,18)19/h1-12H2,(H,15,16)(H2,17,18,19). The molecule has 0 aliphatic carbocycles. The zero-order chi connectivity index (χ0) is 16.8. The van der Waals surface area contributed by atoms with Gasteiger partial charge < -0.3 is 19.6 Å². The van der Waals surface area contributed by atoms with Gasteiger partial charge in [0.1, 0.15) is 0 Å². The van der Waals surface area contributed by atoms with Crippen molar-refractivity contribution < 1.29 is 33.5 Å². The third-order valence-corrected chi connectivity index (χ3v) is 3.54. The number of rotatable bonds is 15. The molecule has 0 aromatic rings. The van der Waals surface area contributed by atoms with E-state index in [2.05, 4.69) is 11.1 Å². The van der Waals surface area contributed by atoms with E-state index in [1.54, 1.807) is 0 Å². The largest absolute Gasteiger partial charge is 0.478 e. The van der Waals surface area contributed by atoms with Gasteiger partial charge in [0.2, 0.25) is 0 Å². The number of phosphoric ester groups is 1. The Balaban J connectivity index is 3.16. The average Bonchev–Trinajstić information content (AvgIpc) is 2.42. The number of ether oxygens (including phenoxy) is 1. The highest BCUT2D eigenvalue weighted by molar-refractivity contribution is 7.46. The van der Waals surface area contributed by atoms with Crippen molar-refractivity contribution in [2.45, 2.75) is 51.4 Å². The molecule has 0 spiro atoms. The van der Waals surface area contributed by atoms with Crippen molar-refractivity contribution in [3.8, 4) is 0 Å². The van der Waals surface area contributed by atoms with Crippen LogP contribution in [0.25, 0.3) is 0 Å². The number of phosphoric acid groups is 1. The molecule has 0 saturated heterocycles. The Bertz CT molecular complexity index is 364. The molecule has 0 aliphatic heterocycles. The fraction of sp³-hybridized carbons (Fsp3) is 0.786. The van der Waals surface area contributed by atoms with Crippen molar-refractivity contribution in [2.75, 3.05) is 19.8 Å². The Morgan fingerprint density at radius 1 is 0.909 bits per heavy atom. The predicted octanol–water partition coefficient (Wildman–Crippen LogP) is 2.87. The maximum absolute atomic E-state index is 10.5. The van der Waals surface area contributed by atoms with Gasteiger partial charge in [-0.05, 0) is 12.8 Å². The van der Waals surface area contributed by atoms with Crippen molar-refractivity contribution in [2.24, 2.45) is 0 Å². The van der Waals surface area contributed by atoms with Crippen LogP contribution in [0.15, 0.2) is 12.2 Å². The van der Waals surface area contributed by atoms with Gasteiger partial charge in [-0.25, -0.2) is 9.36 Å². The Labute approximate surface area is 131 Å². The molecule has 0 heterocycles. The summed E-state index contributed by atoms with van der Waals surface area (Å²) < 4.78 is 20.0. The molecule has 3 N–H and O–H groups in total. The van der Waals surface area contributed by atoms with Gasteiger partial charge in [-0.1, -0.05) is 45.1 Å². The molecule has 0 aromatic carbocycles. The summed E-state index contributed by atoms with van der Waals surface area (Å²) in [6.45, 7) is 4.10. The minimum atomic E-state index is -4.31. The number of carboxylic acid groups (broad SMARTS) is 1. The molecule has 0 fully saturated rings. The summed E-state index contributed by atoms with van der Waals surface area (Å²) >= 11 is 0. The second-order valence-electron chi connectivity index (χ2n) is 5.11. The molecule has 130 valence electrons. The fourth-order valence-corrected chi connectivity index (χ4v) is 2.17. The van der Waals surface area contributed by atoms with E-state index in [4.69, 9.17) is 19.6 Å². The molecule has 22 heavy (non-hydrogen) atoms. The molecule has 0 radical (unpaired) electrons. The number of hydrogen-bond donors (Lipinski definition) is 3. The third-order valence-electron chi connectivity index (χ3n) is 3.02. The number of aliphatic carboxylic acids is 1. The molecule has 7 nitrogen and oxygen atoms in total. The lowest BCUT2D eigenvalue weighted by molar-refractivity contribution is -0.133. The number of hydrogen-bond acceptors (Lipinski definition) is 4. The number of carboxylic acids is 1. The van der Waals surface area contributed by atoms with Crippen LogP contribution >= 0.6 is 7.82 Å². The first-order valence-corrected chi connectivity index (χ1v) is 9.05. The maximum Gasteiger partial charge on any atom is 0.469 e. The molecule has 0 bridgehead atoms. The van der Waals surface area contributed by atoms with Crippen LogP contribution in [0.2, 0.25) is 0 Å². The summed E-state index contributed by atoms with van der Waals surface area (Å²) in [6.07, 6.45) is 7.84. The highest BCUT2D eigenvalue weighted by Crippen LogP contribution is 2.35. The van der Waals surface area contributed by atoms with Gasteiger partial charge >= 0.3 is 13.8 Å². The molecule has 0 aromatic heterocycles. The lowest BCUT2D eigenvalue weighted by Gasteiger charge is -2.05. The van der Waals surface area contributed by atoms with Crippen LogP contribution in [0.3, 0.4) is 0 Å². The first-order chi connectivity index (χ1) is 10.3. The monoisotopic (exact) mass is 338 g/mol. The van der Waals surface area contributed by atoms with Crippen LogP contribution in [0.4, 0.5) is 0 Å². The second-order valence-corrected chi connectivity index (χ2v) is 6.35. The van der Waals surface area contributed by atoms with Gasteiger partial charge in [-0.15, -0.1) is 0 Å². The Hall–Kier alpha value is -0.720. The number of unbranched alkanes of at least 4 members (excludes halogenated alkanes) is 7.